The van der Waals surface area contributed by atoms with Crippen molar-refractivity contribution >= 4 is 16.8 Å². The van der Waals surface area contributed by atoms with Crippen molar-refractivity contribution in [2.24, 2.45) is 0 Å². The van der Waals surface area contributed by atoms with Gasteiger partial charge in [-0.25, -0.2) is 0 Å². The average molecular weight is 324 g/mol. The average Bonchev–Trinajstić information content (AvgIpc) is 3.28. The maximum atomic E-state index is 13.2. The first-order valence-electron chi connectivity index (χ1n) is 8.47. The molecule has 0 spiro atoms. The molecule has 3 aromatic rings. The molecule has 1 N–H and O–H groups in total. The minimum Gasteiger partial charge on any atom is -0.360 e. The monoisotopic (exact) mass is 324 g/mol. The van der Waals surface area contributed by atoms with Crippen LogP contribution in [-0.4, -0.2) is 32.5 Å². The van der Waals surface area contributed by atoms with Crippen LogP contribution >= 0.6 is 0 Å². The molecule has 6 heteroatoms. The Balaban J connectivity index is 1.68. The van der Waals surface area contributed by atoms with Crippen molar-refractivity contribution in [2.45, 2.75) is 38.6 Å². The van der Waals surface area contributed by atoms with E-state index in [0.717, 1.165) is 36.6 Å². The maximum Gasteiger partial charge on any atom is 0.256 e. The number of hydrogen-bond acceptors (Lipinski definition) is 4. The molecule has 0 bridgehead atoms. The van der Waals surface area contributed by atoms with Crippen LogP contribution in [0.15, 0.2) is 35.0 Å². The van der Waals surface area contributed by atoms with E-state index in [0.29, 0.717) is 23.8 Å². The molecule has 6 nitrogen and oxygen atoms in total. The number of carbonyl (C=O) groups excluding carboxylic acids is 1. The molecule has 1 saturated heterocycles. The number of likely N-dealkylation sites (tertiary alicyclic amines) is 1. The van der Waals surface area contributed by atoms with Crippen LogP contribution in [0.3, 0.4) is 0 Å². The number of rotatable bonds is 3. The predicted molar refractivity (Wildman–Crippen MR) is 89.6 cm³/mol. The topological polar surface area (TPSA) is 75.0 Å². The zero-order valence-electron chi connectivity index (χ0n) is 13.7. The lowest BCUT2D eigenvalue weighted by atomic mass is 10.0. The first-order valence-corrected chi connectivity index (χ1v) is 8.47. The molecule has 1 aromatic carbocycles. The first kappa shape index (κ1) is 14.9. The fourth-order valence-electron chi connectivity index (χ4n) is 3.38. The van der Waals surface area contributed by atoms with Gasteiger partial charge in [0, 0.05) is 30.1 Å². The van der Waals surface area contributed by atoms with Gasteiger partial charge in [0.2, 0.25) is 5.89 Å². The minimum atomic E-state index is -0.132. The number of nitrogens with one attached hydrogen (secondary N) is 1. The number of carbonyl (C=O) groups is 1. The minimum absolute atomic E-state index is 0.0217. The fourth-order valence-corrected chi connectivity index (χ4v) is 3.38. The number of para-hydroxylation sites is 1. The van der Waals surface area contributed by atoms with Crippen molar-refractivity contribution in [3.8, 4) is 0 Å². The van der Waals surface area contributed by atoms with Gasteiger partial charge >= 0.3 is 0 Å². The Morgan fingerprint density at radius 2 is 2.25 bits per heavy atom. The summed E-state index contributed by atoms with van der Waals surface area (Å²) in [5.74, 6) is 1.27. The molecule has 124 valence electrons. The third-order valence-corrected chi connectivity index (χ3v) is 4.67. The highest BCUT2D eigenvalue weighted by atomic mass is 16.5. The Labute approximate surface area is 139 Å². The highest BCUT2D eigenvalue weighted by molar-refractivity contribution is 6.06. The van der Waals surface area contributed by atoms with Gasteiger partial charge in [0.05, 0.1) is 5.56 Å². The summed E-state index contributed by atoms with van der Waals surface area (Å²) in [5, 5.41) is 4.94. The fraction of sp³-hybridized carbons (Fsp3) is 0.389. The normalized spacial score (nSPS) is 18.2. The molecule has 1 amide bonds. The Hall–Kier alpha value is -2.63. The van der Waals surface area contributed by atoms with Gasteiger partial charge in [0.25, 0.3) is 5.91 Å². The van der Waals surface area contributed by atoms with Crippen molar-refractivity contribution in [1.82, 2.24) is 20.0 Å². The highest BCUT2D eigenvalue weighted by Gasteiger charge is 2.33. The molecule has 1 aliphatic heterocycles. The zero-order chi connectivity index (χ0) is 16.5. The largest absolute Gasteiger partial charge is 0.360 e. The van der Waals surface area contributed by atoms with Gasteiger partial charge in [-0.2, -0.15) is 4.98 Å². The summed E-state index contributed by atoms with van der Waals surface area (Å²) in [6, 6.07) is 7.73. The Kier molecular flexibility index (Phi) is 3.80. The third-order valence-electron chi connectivity index (χ3n) is 4.67. The van der Waals surface area contributed by atoms with Gasteiger partial charge in [0.15, 0.2) is 5.82 Å². The van der Waals surface area contributed by atoms with E-state index < -0.39 is 0 Å². The molecule has 0 saturated carbocycles. The van der Waals surface area contributed by atoms with E-state index >= 15 is 0 Å². The van der Waals surface area contributed by atoms with E-state index in [-0.39, 0.29) is 11.9 Å². The number of amides is 1. The van der Waals surface area contributed by atoms with Crippen LogP contribution in [0.1, 0.15) is 54.3 Å². The summed E-state index contributed by atoms with van der Waals surface area (Å²) < 4.78 is 5.42. The lowest BCUT2D eigenvalue weighted by Gasteiger charge is -2.33. The van der Waals surface area contributed by atoms with Crippen LogP contribution in [0, 0.1) is 0 Å². The summed E-state index contributed by atoms with van der Waals surface area (Å²) in [5.41, 5.74) is 1.67. The molecular weight excluding hydrogens is 304 g/mol. The molecule has 0 radical (unpaired) electrons. The number of fused-ring (bicyclic) bond motifs is 1. The van der Waals surface area contributed by atoms with E-state index in [1.807, 2.05) is 36.1 Å². The third kappa shape index (κ3) is 2.48. The van der Waals surface area contributed by atoms with Gasteiger partial charge in [-0.3, -0.25) is 4.79 Å². The van der Waals surface area contributed by atoms with Gasteiger partial charge in [0.1, 0.15) is 6.04 Å². The molecule has 1 atom stereocenters. The molecule has 1 fully saturated rings. The summed E-state index contributed by atoms with van der Waals surface area (Å²) in [6.45, 7) is 2.71. The smallest absolute Gasteiger partial charge is 0.256 e. The SMILES string of the molecule is CCc1noc([C@@H]2CCCCN2C(=O)c2c[nH]c3ccccc23)n1. The molecular formula is C18H20N4O2. The summed E-state index contributed by atoms with van der Waals surface area (Å²) >= 11 is 0. The van der Waals surface area contributed by atoms with Crippen LogP contribution in [0.25, 0.3) is 10.9 Å². The molecule has 0 aliphatic carbocycles. The number of nitrogens with zero attached hydrogens (tertiary/aromatic N) is 3. The van der Waals surface area contributed by atoms with Crippen LogP contribution in [0.2, 0.25) is 0 Å². The molecule has 2 aromatic heterocycles. The van der Waals surface area contributed by atoms with Crippen molar-refractivity contribution in [1.29, 1.82) is 0 Å². The first-order chi connectivity index (χ1) is 11.8. The number of aryl methyl sites for hydroxylation is 1. The van der Waals surface area contributed by atoms with Crippen molar-refractivity contribution in [3.05, 3.63) is 47.7 Å². The Morgan fingerprint density at radius 3 is 3.08 bits per heavy atom. The second-order valence-corrected chi connectivity index (χ2v) is 6.16. The van der Waals surface area contributed by atoms with Crippen molar-refractivity contribution in [3.63, 3.8) is 0 Å². The van der Waals surface area contributed by atoms with Gasteiger partial charge in [-0.1, -0.05) is 30.3 Å². The lowest BCUT2D eigenvalue weighted by molar-refractivity contribution is 0.0563. The number of benzene rings is 1. The molecule has 0 unspecified atom stereocenters. The Bertz CT molecular complexity index is 867. The van der Waals surface area contributed by atoms with Gasteiger partial charge in [-0.05, 0) is 25.3 Å². The maximum absolute atomic E-state index is 13.2. The highest BCUT2D eigenvalue weighted by Crippen LogP contribution is 2.32. The van der Waals surface area contributed by atoms with E-state index in [4.69, 9.17) is 4.52 Å². The predicted octanol–water partition coefficient (Wildman–Crippen LogP) is 3.48. The second-order valence-electron chi connectivity index (χ2n) is 6.16. The summed E-state index contributed by atoms with van der Waals surface area (Å²) in [6.07, 6.45) is 5.45. The Morgan fingerprint density at radius 1 is 1.38 bits per heavy atom. The van der Waals surface area contributed by atoms with Crippen LogP contribution in [0.5, 0.6) is 0 Å². The van der Waals surface area contributed by atoms with Crippen LogP contribution in [0.4, 0.5) is 0 Å². The second kappa shape index (κ2) is 6.11. The van der Waals surface area contributed by atoms with Gasteiger partial charge < -0.3 is 14.4 Å². The zero-order valence-corrected chi connectivity index (χ0v) is 13.7. The van der Waals surface area contributed by atoms with E-state index in [1.165, 1.54) is 0 Å². The number of hydrogen-bond donors (Lipinski definition) is 1. The molecule has 3 heterocycles. The molecule has 1 aliphatic rings. The van der Waals surface area contributed by atoms with Crippen molar-refractivity contribution in [2.75, 3.05) is 6.54 Å². The number of aromatic nitrogens is 3. The van der Waals surface area contributed by atoms with Gasteiger partial charge in [-0.15, -0.1) is 0 Å². The van der Waals surface area contributed by atoms with E-state index in [2.05, 4.69) is 15.1 Å². The standard InChI is InChI=1S/C18H20N4O2/c1-2-16-20-17(24-21-16)15-9-5-6-10-22(15)18(23)13-11-19-14-8-4-3-7-12(13)14/h3-4,7-8,11,15,19H,2,5-6,9-10H2,1H3/t15-/m0/s1. The number of piperidine rings is 1. The quantitative estimate of drug-likeness (QED) is 0.800. The molecule has 4 rings (SSSR count). The lowest BCUT2D eigenvalue weighted by Crippen LogP contribution is -2.38. The van der Waals surface area contributed by atoms with Crippen molar-refractivity contribution < 1.29 is 9.32 Å². The number of aromatic amines is 1. The van der Waals surface area contributed by atoms with Crippen LogP contribution in [-0.2, 0) is 6.42 Å². The summed E-state index contributed by atoms with van der Waals surface area (Å²) in [7, 11) is 0. The van der Waals surface area contributed by atoms with E-state index in [1.54, 1.807) is 6.20 Å². The van der Waals surface area contributed by atoms with E-state index in [9.17, 15) is 4.79 Å². The van der Waals surface area contributed by atoms with Crippen LogP contribution < -0.4 is 0 Å². The molecule has 24 heavy (non-hydrogen) atoms. The number of H-pyrrole nitrogens is 1. The summed E-state index contributed by atoms with van der Waals surface area (Å²) in [4.78, 5) is 22.7.